The van der Waals surface area contributed by atoms with E-state index in [2.05, 4.69) is 14.7 Å². The normalized spacial score (nSPS) is 26.0. The summed E-state index contributed by atoms with van der Waals surface area (Å²) < 4.78 is 40.2. The van der Waals surface area contributed by atoms with Gasteiger partial charge in [-0.1, -0.05) is 0 Å². The number of hydrogen-bond donors (Lipinski definition) is 2. The quantitative estimate of drug-likeness (QED) is 0.843. The predicted octanol–water partition coefficient (Wildman–Crippen LogP) is 1.82. The Kier molecular flexibility index (Phi) is 4.31. The van der Waals surface area contributed by atoms with Crippen LogP contribution in [0.5, 0.6) is 0 Å². The second-order valence-corrected chi connectivity index (χ2v) is 8.43. The van der Waals surface area contributed by atoms with Gasteiger partial charge in [0.05, 0.1) is 6.10 Å². The molecule has 2 aromatic rings. The van der Waals surface area contributed by atoms with Crippen molar-refractivity contribution in [3.63, 3.8) is 0 Å². The van der Waals surface area contributed by atoms with Gasteiger partial charge in [-0.05, 0) is 38.3 Å². The Labute approximate surface area is 147 Å². The van der Waals surface area contributed by atoms with Crippen molar-refractivity contribution in [2.75, 3.05) is 19.8 Å². The van der Waals surface area contributed by atoms with Crippen molar-refractivity contribution in [3.05, 3.63) is 24.5 Å². The standard InChI is InChI=1S/C17H23N3O4S/c1-2-24-15-10-14(17(15)5-8-23-9-6-17)20-25(21,22)13-11-19-16-12(13)4-3-7-18-16/h3-4,7,11,14-15,20H,2,5-6,8-10H2,1H3,(H,18,19). The summed E-state index contributed by atoms with van der Waals surface area (Å²) in [5, 5.41) is 0.608. The summed E-state index contributed by atoms with van der Waals surface area (Å²) in [4.78, 5) is 7.34. The van der Waals surface area contributed by atoms with E-state index in [1.807, 2.05) is 6.92 Å². The SMILES string of the molecule is CCOC1CC(NS(=O)(=O)c2c[nH]c3ncccc23)C12CCOCC2. The first-order valence-electron chi connectivity index (χ1n) is 8.70. The lowest BCUT2D eigenvalue weighted by Crippen LogP contribution is -2.66. The van der Waals surface area contributed by atoms with Crippen LogP contribution in [0.25, 0.3) is 11.0 Å². The van der Waals surface area contributed by atoms with Gasteiger partial charge in [-0.25, -0.2) is 18.1 Å². The number of nitrogens with one attached hydrogen (secondary N) is 2. The summed E-state index contributed by atoms with van der Waals surface area (Å²) in [5.41, 5.74) is 0.413. The van der Waals surface area contributed by atoms with Gasteiger partial charge in [0.15, 0.2) is 0 Å². The van der Waals surface area contributed by atoms with Crippen molar-refractivity contribution in [2.24, 2.45) is 5.41 Å². The first kappa shape index (κ1) is 17.0. The Balaban J connectivity index is 1.60. The van der Waals surface area contributed by atoms with E-state index >= 15 is 0 Å². The largest absolute Gasteiger partial charge is 0.381 e. The average molecular weight is 365 g/mol. The van der Waals surface area contributed by atoms with Gasteiger partial charge < -0.3 is 14.5 Å². The summed E-state index contributed by atoms with van der Waals surface area (Å²) in [6.45, 7) is 3.92. The highest BCUT2D eigenvalue weighted by Crippen LogP contribution is 2.51. The maximum absolute atomic E-state index is 13.0. The number of aromatic amines is 1. The van der Waals surface area contributed by atoms with Gasteiger partial charge in [0.2, 0.25) is 10.0 Å². The van der Waals surface area contributed by atoms with Crippen LogP contribution in [0.2, 0.25) is 0 Å². The Morgan fingerprint density at radius 1 is 1.44 bits per heavy atom. The molecule has 1 saturated carbocycles. The second kappa shape index (κ2) is 6.35. The first-order chi connectivity index (χ1) is 12.1. The lowest BCUT2D eigenvalue weighted by Gasteiger charge is -2.57. The molecule has 2 unspecified atom stereocenters. The third-order valence-corrected chi connectivity index (χ3v) is 7.09. The van der Waals surface area contributed by atoms with E-state index in [0.29, 0.717) is 37.3 Å². The molecule has 2 aliphatic rings. The van der Waals surface area contributed by atoms with Crippen molar-refractivity contribution >= 4 is 21.1 Å². The van der Waals surface area contributed by atoms with Gasteiger partial charge >= 0.3 is 0 Å². The molecule has 3 heterocycles. The third kappa shape index (κ3) is 2.77. The molecular formula is C17H23N3O4S. The minimum absolute atomic E-state index is 0.0961. The minimum atomic E-state index is -3.63. The van der Waals surface area contributed by atoms with Crippen LogP contribution in [0.1, 0.15) is 26.2 Å². The smallest absolute Gasteiger partial charge is 0.243 e. The molecule has 8 heteroatoms. The van der Waals surface area contributed by atoms with Crippen molar-refractivity contribution in [2.45, 2.75) is 43.2 Å². The van der Waals surface area contributed by atoms with Crippen molar-refractivity contribution in [3.8, 4) is 0 Å². The van der Waals surface area contributed by atoms with Crippen LogP contribution < -0.4 is 4.72 Å². The van der Waals surface area contributed by atoms with Crippen LogP contribution in [-0.4, -0.2) is 50.4 Å². The predicted molar refractivity (Wildman–Crippen MR) is 92.7 cm³/mol. The number of H-pyrrole nitrogens is 1. The number of aromatic nitrogens is 2. The number of nitrogens with zero attached hydrogens (tertiary/aromatic N) is 1. The van der Waals surface area contributed by atoms with Gasteiger partial charge in [-0.3, -0.25) is 0 Å². The monoisotopic (exact) mass is 365 g/mol. The number of fused-ring (bicyclic) bond motifs is 1. The van der Waals surface area contributed by atoms with Gasteiger partial charge in [-0.15, -0.1) is 0 Å². The summed E-state index contributed by atoms with van der Waals surface area (Å²) in [6, 6.07) is 3.38. The lowest BCUT2D eigenvalue weighted by molar-refractivity contribution is -0.168. The van der Waals surface area contributed by atoms with Gasteiger partial charge in [0, 0.05) is 49.1 Å². The number of ether oxygens (including phenoxy) is 2. The highest BCUT2D eigenvalue weighted by atomic mass is 32.2. The second-order valence-electron chi connectivity index (χ2n) is 6.75. The Morgan fingerprint density at radius 2 is 2.24 bits per heavy atom. The van der Waals surface area contributed by atoms with Gasteiger partial charge in [0.1, 0.15) is 10.5 Å². The van der Waals surface area contributed by atoms with E-state index in [4.69, 9.17) is 9.47 Å². The Bertz CT molecular complexity index is 858. The molecule has 1 aliphatic carbocycles. The number of hydrogen-bond acceptors (Lipinski definition) is 5. The molecule has 0 radical (unpaired) electrons. The van der Waals surface area contributed by atoms with E-state index in [1.165, 1.54) is 6.20 Å². The molecule has 1 saturated heterocycles. The van der Waals surface area contributed by atoms with Crippen molar-refractivity contribution < 1.29 is 17.9 Å². The number of rotatable bonds is 5. The molecule has 1 spiro atoms. The summed E-state index contributed by atoms with van der Waals surface area (Å²) >= 11 is 0. The molecule has 2 N–H and O–H groups in total. The van der Waals surface area contributed by atoms with Crippen LogP contribution in [0, 0.1) is 5.41 Å². The molecule has 2 aromatic heterocycles. The highest BCUT2D eigenvalue weighted by molar-refractivity contribution is 7.89. The third-order valence-electron chi connectivity index (χ3n) is 5.58. The van der Waals surface area contributed by atoms with Crippen LogP contribution in [0.3, 0.4) is 0 Å². The molecule has 25 heavy (non-hydrogen) atoms. The number of sulfonamides is 1. The molecule has 2 fully saturated rings. The molecule has 4 rings (SSSR count). The topological polar surface area (TPSA) is 93.3 Å². The first-order valence-corrected chi connectivity index (χ1v) is 10.2. The molecule has 2 atom stereocenters. The van der Waals surface area contributed by atoms with Gasteiger partial charge in [-0.2, -0.15) is 0 Å². The van der Waals surface area contributed by atoms with E-state index in [-0.39, 0.29) is 22.5 Å². The molecule has 0 bridgehead atoms. The zero-order chi connectivity index (χ0) is 17.5. The highest BCUT2D eigenvalue weighted by Gasteiger charge is 2.57. The van der Waals surface area contributed by atoms with Crippen LogP contribution >= 0.6 is 0 Å². The zero-order valence-electron chi connectivity index (χ0n) is 14.2. The Hall–Kier alpha value is -1.48. The van der Waals surface area contributed by atoms with E-state index < -0.39 is 10.0 Å². The van der Waals surface area contributed by atoms with Crippen LogP contribution in [0.15, 0.2) is 29.4 Å². The van der Waals surface area contributed by atoms with Crippen LogP contribution in [-0.2, 0) is 19.5 Å². The van der Waals surface area contributed by atoms with Crippen LogP contribution in [0.4, 0.5) is 0 Å². The lowest BCUT2D eigenvalue weighted by atomic mass is 9.58. The molecule has 0 aromatic carbocycles. The molecular weight excluding hydrogens is 342 g/mol. The minimum Gasteiger partial charge on any atom is -0.381 e. The fourth-order valence-electron chi connectivity index (χ4n) is 4.17. The summed E-state index contributed by atoms with van der Waals surface area (Å²) in [6.07, 6.45) is 5.58. The molecule has 7 nitrogen and oxygen atoms in total. The van der Waals surface area contributed by atoms with Gasteiger partial charge in [0.25, 0.3) is 0 Å². The number of pyridine rings is 1. The summed E-state index contributed by atoms with van der Waals surface area (Å²) in [7, 11) is -3.63. The fourth-order valence-corrected chi connectivity index (χ4v) is 5.67. The van der Waals surface area contributed by atoms with E-state index in [0.717, 1.165) is 12.8 Å². The maximum Gasteiger partial charge on any atom is 0.243 e. The van der Waals surface area contributed by atoms with E-state index in [9.17, 15) is 8.42 Å². The summed E-state index contributed by atoms with van der Waals surface area (Å²) in [5.74, 6) is 0. The Morgan fingerprint density at radius 3 is 3.00 bits per heavy atom. The van der Waals surface area contributed by atoms with E-state index in [1.54, 1.807) is 18.3 Å². The van der Waals surface area contributed by atoms with Crippen molar-refractivity contribution in [1.29, 1.82) is 0 Å². The molecule has 0 amide bonds. The zero-order valence-corrected chi connectivity index (χ0v) is 15.0. The van der Waals surface area contributed by atoms with Crippen molar-refractivity contribution in [1.82, 2.24) is 14.7 Å². The fraction of sp³-hybridized carbons (Fsp3) is 0.588. The molecule has 136 valence electrons. The average Bonchev–Trinajstić information content (AvgIpc) is 3.06. The maximum atomic E-state index is 13.0. The molecule has 1 aliphatic heterocycles.